The van der Waals surface area contributed by atoms with E-state index in [1.165, 1.54) is 141 Å². The smallest absolute Gasteiger partial charge is 0.306 e. The molecule has 4 heteroatoms. The Morgan fingerprint density at radius 2 is 0.875 bits per heavy atom. The molecule has 0 fully saturated rings. The first-order valence-corrected chi connectivity index (χ1v) is 20.7. The zero-order valence-corrected chi connectivity index (χ0v) is 32.0. The van der Waals surface area contributed by atoms with Crippen molar-refractivity contribution in [3.8, 4) is 0 Å². The standard InChI is InChI=1S/C44H80O4/c1-3-5-7-9-11-13-15-17-18-19-20-21-22-23-24-25-26-27-28-30-32-34-36-38-40-47-42-43(41-45)48-44(46)39-37-35-33-31-29-16-14-12-10-8-6-4-2/h12,14-15,17,19-20,22-23,43,45H,3-11,13,16,18,21,24-42H2,1-2H3/b14-12-,17-15-,20-19-,23-22-. The van der Waals surface area contributed by atoms with Gasteiger partial charge in [-0.2, -0.15) is 0 Å². The Balaban J connectivity index is 3.44. The summed E-state index contributed by atoms with van der Waals surface area (Å²) in [6, 6.07) is 0. The summed E-state index contributed by atoms with van der Waals surface area (Å²) < 4.78 is 11.1. The first-order valence-electron chi connectivity index (χ1n) is 20.7. The van der Waals surface area contributed by atoms with Gasteiger partial charge in [-0.1, -0.05) is 165 Å². The number of rotatable bonds is 38. The monoisotopic (exact) mass is 673 g/mol. The van der Waals surface area contributed by atoms with Gasteiger partial charge < -0.3 is 14.6 Å². The molecule has 0 saturated heterocycles. The first kappa shape index (κ1) is 46.4. The zero-order chi connectivity index (χ0) is 34.9. The Morgan fingerprint density at radius 1 is 0.500 bits per heavy atom. The average Bonchev–Trinajstić information content (AvgIpc) is 3.09. The number of esters is 1. The van der Waals surface area contributed by atoms with Crippen molar-refractivity contribution in [1.29, 1.82) is 0 Å². The fourth-order valence-corrected chi connectivity index (χ4v) is 5.74. The molecule has 0 bridgehead atoms. The second-order valence-electron chi connectivity index (χ2n) is 13.7. The highest BCUT2D eigenvalue weighted by Crippen LogP contribution is 2.12. The van der Waals surface area contributed by atoms with Crippen LogP contribution in [0.3, 0.4) is 0 Å². The first-order chi connectivity index (χ1) is 23.7. The lowest BCUT2D eigenvalue weighted by Crippen LogP contribution is -2.27. The number of hydrogen-bond acceptors (Lipinski definition) is 4. The summed E-state index contributed by atoms with van der Waals surface area (Å²) in [7, 11) is 0. The van der Waals surface area contributed by atoms with Crippen molar-refractivity contribution in [2.75, 3.05) is 19.8 Å². The van der Waals surface area contributed by atoms with Crippen molar-refractivity contribution in [2.24, 2.45) is 0 Å². The number of hydrogen-bond donors (Lipinski definition) is 1. The van der Waals surface area contributed by atoms with Gasteiger partial charge in [0.25, 0.3) is 0 Å². The van der Waals surface area contributed by atoms with Gasteiger partial charge in [-0.25, -0.2) is 0 Å². The molecule has 0 aromatic rings. The minimum atomic E-state index is -0.541. The molecule has 48 heavy (non-hydrogen) atoms. The van der Waals surface area contributed by atoms with Gasteiger partial charge in [0.1, 0.15) is 6.10 Å². The van der Waals surface area contributed by atoms with E-state index in [2.05, 4.69) is 62.5 Å². The van der Waals surface area contributed by atoms with Gasteiger partial charge in [0, 0.05) is 13.0 Å². The van der Waals surface area contributed by atoms with Crippen molar-refractivity contribution in [2.45, 2.75) is 206 Å². The Morgan fingerprint density at radius 3 is 1.38 bits per heavy atom. The maximum atomic E-state index is 12.1. The van der Waals surface area contributed by atoms with Crippen molar-refractivity contribution in [3.05, 3.63) is 48.6 Å². The number of carbonyl (C=O) groups is 1. The summed E-state index contributed by atoms with van der Waals surface area (Å²) in [5.41, 5.74) is 0. The topological polar surface area (TPSA) is 55.8 Å². The summed E-state index contributed by atoms with van der Waals surface area (Å²) in [6.07, 6.45) is 53.1. The van der Waals surface area contributed by atoms with Crippen LogP contribution in [0.25, 0.3) is 0 Å². The van der Waals surface area contributed by atoms with Crippen LogP contribution < -0.4 is 0 Å². The van der Waals surface area contributed by atoms with Crippen LogP contribution in [0, 0.1) is 0 Å². The number of unbranched alkanes of at least 4 members (excludes halogenated alkanes) is 22. The Labute approximate surface area is 299 Å². The summed E-state index contributed by atoms with van der Waals surface area (Å²) in [5.74, 6) is -0.214. The van der Waals surface area contributed by atoms with Crippen LogP contribution in [0.1, 0.15) is 200 Å². The molecule has 0 amide bonds. The van der Waals surface area contributed by atoms with Crippen molar-refractivity contribution >= 4 is 5.97 Å². The third kappa shape index (κ3) is 38.8. The number of carbonyl (C=O) groups excluding carboxylic acids is 1. The molecule has 1 unspecified atom stereocenters. The maximum Gasteiger partial charge on any atom is 0.306 e. The van der Waals surface area contributed by atoms with E-state index in [1.54, 1.807) is 0 Å². The second-order valence-corrected chi connectivity index (χ2v) is 13.7. The molecule has 0 saturated carbocycles. The van der Waals surface area contributed by atoms with E-state index >= 15 is 0 Å². The normalized spacial score (nSPS) is 12.8. The van der Waals surface area contributed by atoms with Crippen LogP contribution in [-0.2, 0) is 14.3 Å². The van der Waals surface area contributed by atoms with Gasteiger partial charge in [-0.05, 0) is 77.0 Å². The molecule has 0 aliphatic heterocycles. The lowest BCUT2D eigenvalue weighted by molar-refractivity contribution is -0.154. The van der Waals surface area contributed by atoms with Crippen LogP contribution in [0.4, 0.5) is 0 Å². The van der Waals surface area contributed by atoms with E-state index in [1.807, 2.05) is 0 Å². The van der Waals surface area contributed by atoms with Gasteiger partial charge in [0.2, 0.25) is 0 Å². The van der Waals surface area contributed by atoms with Crippen LogP contribution >= 0.6 is 0 Å². The molecular weight excluding hydrogens is 592 g/mol. The average molecular weight is 673 g/mol. The molecular formula is C44H80O4. The Bertz CT molecular complexity index is 753. The van der Waals surface area contributed by atoms with Gasteiger partial charge in [-0.3, -0.25) is 4.79 Å². The zero-order valence-electron chi connectivity index (χ0n) is 32.0. The molecule has 0 aromatic carbocycles. The minimum Gasteiger partial charge on any atom is -0.457 e. The van der Waals surface area contributed by atoms with Gasteiger partial charge >= 0.3 is 5.97 Å². The second kappa shape index (κ2) is 41.5. The van der Waals surface area contributed by atoms with E-state index in [0.29, 0.717) is 13.0 Å². The predicted molar refractivity (Wildman–Crippen MR) is 210 cm³/mol. The van der Waals surface area contributed by atoms with E-state index < -0.39 is 6.10 Å². The summed E-state index contributed by atoms with van der Waals surface area (Å²) in [4.78, 5) is 12.1. The lowest BCUT2D eigenvalue weighted by atomic mass is 10.1. The van der Waals surface area contributed by atoms with Crippen LogP contribution in [-0.4, -0.2) is 37.0 Å². The molecule has 4 nitrogen and oxygen atoms in total. The van der Waals surface area contributed by atoms with Crippen LogP contribution in [0.5, 0.6) is 0 Å². The van der Waals surface area contributed by atoms with Crippen LogP contribution in [0.15, 0.2) is 48.6 Å². The van der Waals surface area contributed by atoms with Gasteiger partial charge in [0.05, 0.1) is 13.2 Å². The minimum absolute atomic E-state index is 0.178. The predicted octanol–water partition coefficient (Wildman–Crippen LogP) is 13.5. The Hall–Kier alpha value is -1.65. The van der Waals surface area contributed by atoms with E-state index in [9.17, 15) is 9.90 Å². The molecule has 0 aromatic heterocycles. The molecule has 0 rings (SSSR count). The summed E-state index contributed by atoms with van der Waals surface area (Å²) >= 11 is 0. The SMILES string of the molecule is CCCCC/C=C\CCCCCCCC(=O)OC(CO)COCCCCCCCCCCC/C=C\C/C=C\C/C=C\CCCCCCC. The quantitative estimate of drug-likeness (QED) is 0.0403. The number of allylic oxidation sites excluding steroid dienone is 8. The molecule has 280 valence electrons. The fourth-order valence-electron chi connectivity index (χ4n) is 5.74. The highest BCUT2D eigenvalue weighted by molar-refractivity contribution is 5.69. The number of aliphatic hydroxyl groups is 1. The van der Waals surface area contributed by atoms with Crippen molar-refractivity contribution in [3.63, 3.8) is 0 Å². The van der Waals surface area contributed by atoms with E-state index in [-0.39, 0.29) is 19.2 Å². The molecule has 0 heterocycles. The molecule has 0 aliphatic carbocycles. The number of aliphatic hydroxyl groups excluding tert-OH is 1. The third-order valence-corrected chi connectivity index (χ3v) is 8.88. The molecule has 1 atom stereocenters. The molecule has 0 radical (unpaired) electrons. The summed E-state index contributed by atoms with van der Waals surface area (Å²) in [5, 5.41) is 9.57. The number of ether oxygens (including phenoxy) is 2. The van der Waals surface area contributed by atoms with Gasteiger partial charge in [0.15, 0.2) is 0 Å². The highest BCUT2D eigenvalue weighted by atomic mass is 16.6. The molecule has 1 N–H and O–H groups in total. The fraction of sp³-hybridized carbons (Fsp3) is 0.795. The molecule has 0 aliphatic rings. The Kier molecular flexibility index (Phi) is 40.1. The largest absolute Gasteiger partial charge is 0.457 e. The third-order valence-electron chi connectivity index (χ3n) is 8.88. The van der Waals surface area contributed by atoms with Gasteiger partial charge in [-0.15, -0.1) is 0 Å². The van der Waals surface area contributed by atoms with E-state index in [0.717, 1.165) is 38.5 Å². The van der Waals surface area contributed by atoms with E-state index in [4.69, 9.17) is 9.47 Å². The molecule has 0 spiro atoms. The lowest BCUT2D eigenvalue weighted by Gasteiger charge is -2.15. The summed E-state index contributed by atoms with van der Waals surface area (Å²) in [6.45, 7) is 5.29. The maximum absolute atomic E-state index is 12.1. The van der Waals surface area contributed by atoms with Crippen molar-refractivity contribution in [1.82, 2.24) is 0 Å². The van der Waals surface area contributed by atoms with Crippen molar-refractivity contribution < 1.29 is 19.4 Å². The van der Waals surface area contributed by atoms with Crippen LogP contribution in [0.2, 0.25) is 0 Å². The highest BCUT2D eigenvalue weighted by Gasteiger charge is 2.13.